The van der Waals surface area contributed by atoms with Gasteiger partial charge in [-0.25, -0.2) is 0 Å². The predicted octanol–water partition coefficient (Wildman–Crippen LogP) is 0.167. The van der Waals surface area contributed by atoms with Gasteiger partial charge in [-0.2, -0.15) is 0 Å². The minimum atomic E-state index is -0.0584. The van der Waals surface area contributed by atoms with Gasteiger partial charge in [-0.15, -0.1) is 0 Å². The largest absolute Gasteiger partial charge is 0.347 e. The summed E-state index contributed by atoms with van der Waals surface area (Å²) in [5.41, 5.74) is 5.12. The predicted molar refractivity (Wildman–Crippen MR) is 38.9 cm³/mol. The first-order valence-electron chi connectivity index (χ1n) is 3.67. The van der Waals surface area contributed by atoms with Crippen LogP contribution in [0, 0.1) is 6.04 Å². The van der Waals surface area contributed by atoms with Gasteiger partial charge in [0.1, 0.15) is 0 Å². The van der Waals surface area contributed by atoms with Crippen molar-refractivity contribution >= 4 is 5.91 Å². The van der Waals surface area contributed by atoms with E-state index in [0.717, 1.165) is 18.9 Å². The highest BCUT2D eigenvalue weighted by Gasteiger charge is 2.16. The lowest BCUT2D eigenvalue weighted by atomic mass is 10.2. The first-order valence-corrected chi connectivity index (χ1v) is 3.67. The lowest BCUT2D eigenvalue weighted by Gasteiger charge is -2.08. The highest BCUT2D eigenvalue weighted by Crippen LogP contribution is 2.23. The quantitative estimate of drug-likeness (QED) is 0.576. The van der Waals surface area contributed by atoms with Crippen molar-refractivity contribution in [2.75, 3.05) is 6.54 Å². The maximum Gasteiger partial charge on any atom is 0.234 e. The van der Waals surface area contributed by atoms with E-state index < -0.39 is 0 Å². The molecule has 0 atom stereocenters. The van der Waals surface area contributed by atoms with E-state index in [9.17, 15) is 4.79 Å². The van der Waals surface area contributed by atoms with Crippen LogP contribution < -0.4 is 11.1 Å². The molecule has 0 unspecified atom stereocenters. The fourth-order valence-electron chi connectivity index (χ4n) is 1.17. The zero-order valence-corrected chi connectivity index (χ0v) is 6.02. The summed E-state index contributed by atoms with van der Waals surface area (Å²) in [6.07, 6.45) is 4.51. The van der Waals surface area contributed by atoms with E-state index in [1.54, 1.807) is 0 Å². The molecule has 1 fully saturated rings. The van der Waals surface area contributed by atoms with Crippen molar-refractivity contribution < 1.29 is 4.79 Å². The Kier molecular flexibility index (Phi) is 2.68. The number of hydrogen-bond acceptors (Lipinski definition) is 2. The molecule has 0 aromatic heterocycles. The van der Waals surface area contributed by atoms with Crippen LogP contribution in [0.25, 0.3) is 0 Å². The van der Waals surface area contributed by atoms with Crippen molar-refractivity contribution in [2.24, 2.45) is 5.73 Å². The van der Waals surface area contributed by atoms with E-state index in [1.807, 2.05) is 0 Å². The summed E-state index contributed by atoms with van der Waals surface area (Å²) in [4.78, 5) is 10.7. The second kappa shape index (κ2) is 3.56. The average Bonchev–Trinajstić information content (AvgIpc) is 2.40. The van der Waals surface area contributed by atoms with Crippen LogP contribution >= 0.6 is 0 Å². The summed E-state index contributed by atoms with van der Waals surface area (Å²) in [5, 5.41) is 2.78. The fourth-order valence-corrected chi connectivity index (χ4v) is 1.17. The molecule has 0 bridgehead atoms. The van der Waals surface area contributed by atoms with E-state index in [1.165, 1.54) is 12.8 Å². The number of nitrogens with one attached hydrogen (secondary N) is 1. The molecule has 1 amide bonds. The first kappa shape index (κ1) is 7.54. The zero-order chi connectivity index (χ0) is 7.40. The second-order valence-corrected chi connectivity index (χ2v) is 2.56. The minimum Gasteiger partial charge on any atom is -0.347 e. The molecule has 0 aromatic rings. The number of amides is 1. The van der Waals surface area contributed by atoms with Gasteiger partial charge >= 0.3 is 0 Å². The Morgan fingerprint density at radius 2 is 2.10 bits per heavy atom. The van der Waals surface area contributed by atoms with E-state index in [0.29, 0.717) is 0 Å². The van der Waals surface area contributed by atoms with Crippen LogP contribution in [-0.4, -0.2) is 12.5 Å². The molecule has 0 spiro atoms. The smallest absolute Gasteiger partial charge is 0.234 e. The van der Waals surface area contributed by atoms with Crippen LogP contribution in [0.1, 0.15) is 25.7 Å². The summed E-state index contributed by atoms with van der Waals surface area (Å²) in [6, 6.07) is 1.16. The van der Waals surface area contributed by atoms with Crippen molar-refractivity contribution in [1.82, 2.24) is 5.32 Å². The molecule has 10 heavy (non-hydrogen) atoms. The maximum atomic E-state index is 10.7. The van der Waals surface area contributed by atoms with Crippen molar-refractivity contribution in [3.63, 3.8) is 0 Å². The highest BCUT2D eigenvalue weighted by molar-refractivity contribution is 5.79. The Bertz CT molecular complexity index is 119. The monoisotopic (exact) mass is 141 g/mol. The van der Waals surface area contributed by atoms with Gasteiger partial charge in [0, 0.05) is 0 Å². The minimum absolute atomic E-state index is 0.0584. The molecule has 3 heteroatoms. The third-order valence-corrected chi connectivity index (χ3v) is 1.71. The van der Waals surface area contributed by atoms with Crippen LogP contribution in [0.15, 0.2) is 0 Å². The zero-order valence-electron chi connectivity index (χ0n) is 6.02. The van der Waals surface area contributed by atoms with Crippen LogP contribution in [0.2, 0.25) is 0 Å². The molecule has 1 aliphatic carbocycles. The molecule has 0 aliphatic heterocycles. The van der Waals surface area contributed by atoms with E-state index in [-0.39, 0.29) is 12.5 Å². The molecular weight excluding hydrogens is 128 g/mol. The SMILES string of the molecule is NCC(=O)N[C]1CCCC1. The Balaban J connectivity index is 2.17. The Morgan fingerprint density at radius 3 is 2.60 bits per heavy atom. The van der Waals surface area contributed by atoms with Crippen molar-refractivity contribution in [1.29, 1.82) is 0 Å². The first-order chi connectivity index (χ1) is 4.83. The Labute approximate surface area is 61.0 Å². The molecule has 3 nitrogen and oxygen atoms in total. The molecule has 57 valence electrons. The van der Waals surface area contributed by atoms with Crippen LogP contribution in [0.4, 0.5) is 0 Å². The van der Waals surface area contributed by atoms with Gasteiger partial charge in [0.15, 0.2) is 0 Å². The van der Waals surface area contributed by atoms with Crippen molar-refractivity contribution in [2.45, 2.75) is 25.7 Å². The van der Waals surface area contributed by atoms with Crippen LogP contribution in [0.3, 0.4) is 0 Å². The third kappa shape index (κ3) is 1.99. The summed E-state index contributed by atoms with van der Waals surface area (Å²) >= 11 is 0. The van der Waals surface area contributed by atoms with Gasteiger partial charge in [-0.1, -0.05) is 12.8 Å². The van der Waals surface area contributed by atoms with Gasteiger partial charge in [-0.3, -0.25) is 4.79 Å². The normalized spacial score (nSPS) is 19.3. The summed E-state index contributed by atoms with van der Waals surface area (Å²) in [6.45, 7) is 0.101. The van der Waals surface area contributed by atoms with Gasteiger partial charge in [0.2, 0.25) is 5.91 Å². The van der Waals surface area contributed by atoms with Crippen LogP contribution in [-0.2, 0) is 4.79 Å². The number of nitrogens with two attached hydrogens (primary N) is 1. The fraction of sp³-hybridized carbons (Fsp3) is 0.714. The van der Waals surface area contributed by atoms with E-state index in [2.05, 4.69) is 5.32 Å². The lowest BCUT2D eigenvalue weighted by molar-refractivity contribution is -0.119. The Morgan fingerprint density at radius 1 is 1.50 bits per heavy atom. The topological polar surface area (TPSA) is 55.1 Å². The van der Waals surface area contributed by atoms with Gasteiger partial charge in [0.05, 0.1) is 12.6 Å². The molecule has 0 aromatic carbocycles. The summed E-state index contributed by atoms with van der Waals surface area (Å²) in [5.74, 6) is -0.0584. The van der Waals surface area contributed by atoms with Crippen LogP contribution in [0.5, 0.6) is 0 Å². The van der Waals surface area contributed by atoms with Crippen molar-refractivity contribution in [3.05, 3.63) is 6.04 Å². The summed E-state index contributed by atoms with van der Waals surface area (Å²) < 4.78 is 0. The second-order valence-electron chi connectivity index (χ2n) is 2.56. The maximum absolute atomic E-state index is 10.7. The standard InChI is InChI=1S/C7H13N2O/c8-5-7(10)9-6-3-1-2-4-6/h1-5,8H2,(H,9,10). The number of carbonyl (C=O) groups excluding carboxylic acids is 1. The Hall–Kier alpha value is -0.570. The molecule has 0 heterocycles. The third-order valence-electron chi connectivity index (χ3n) is 1.71. The molecule has 1 aliphatic rings. The molecule has 1 radical (unpaired) electrons. The average molecular weight is 141 g/mol. The van der Waals surface area contributed by atoms with Crippen molar-refractivity contribution in [3.8, 4) is 0 Å². The highest BCUT2D eigenvalue weighted by atomic mass is 16.1. The molecular formula is C7H13N2O. The van der Waals surface area contributed by atoms with E-state index >= 15 is 0 Å². The molecule has 0 saturated heterocycles. The van der Waals surface area contributed by atoms with Gasteiger partial charge in [0.25, 0.3) is 0 Å². The molecule has 1 saturated carbocycles. The molecule has 1 rings (SSSR count). The molecule has 3 N–H and O–H groups in total. The number of hydrogen-bond donors (Lipinski definition) is 2. The van der Waals surface area contributed by atoms with Gasteiger partial charge in [-0.05, 0) is 12.8 Å². The van der Waals surface area contributed by atoms with E-state index in [4.69, 9.17) is 5.73 Å². The summed E-state index contributed by atoms with van der Waals surface area (Å²) in [7, 11) is 0. The van der Waals surface area contributed by atoms with Gasteiger partial charge < -0.3 is 11.1 Å². The number of carbonyl (C=O) groups is 1. The number of rotatable bonds is 2. The lowest BCUT2D eigenvalue weighted by Crippen LogP contribution is -2.32.